The molecule has 0 spiro atoms. The number of carbonyl (C=O) groups excluding carboxylic acids is 2. The number of carbonyl (C=O) groups is 2. The molecule has 1 aliphatic rings. The second-order valence-electron chi connectivity index (χ2n) is 5.95. The fraction of sp³-hybridized carbons (Fsp3) is 0.500. The summed E-state index contributed by atoms with van der Waals surface area (Å²) in [5, 5.41) is 8.86. The van der Waals surface area contributed by atoms with Gasteiger partial charge in [0.1, 0.15) is 5.54 Å². The maximum absolute atomic E-state index is 12.9. The molecule has 1 amide bonds. The molecule has 1 fully saturated rings. The first-order valence-electron chi connectivity index (χ1n) is 8.02. The topological polar surface area (TPSA) is 70.4 Å². The van der Waals surface area contributed by atoms with Crippen LogP contribution in [0.25, 0.3) is 0 Å². The lowest BCUT2D eigenvalue weighted by molar-refractivity contribution is -0.155. The first-order chi connectivity index (χ1) is 11.0. The summed E-state index contributed by atoms with van der Waals surface area (Å²) in [5.41, 5.74) is 0.0595. The minimum absolute atomic E-state index is 0.188. The fourth-order valence-corrected chi connectivity index (χ4v) is 2.97. The Kier molecular flexibility index (Phi) is 5.38. The van der Waals surface area contributed by atoms with Crippen LogP contribution in [0.15, 0.2) is 24.3 Å². The molecule has 23 heavy (non-hydrogen) atoms. The molecule has 1 heterocycles. The van der Waals surface area contributed by atoms with Gasteiger partial charge < -0.3 is 9.64 Å². The zero-order valence-corrected chi connectivity index (χ0v) is 13.7. The number of nitrogens with zero attached hydrogens (tertiary/aromatic N) is 2. The summed E-state index contributed by atoms with van der Waals surface area (Å²) in [6.07, 6.45) is 3.36. The van der Waals surface area contributed by atoms with Crippen molar-refractivity contribution in [3.8, 4) is 6.07 Å². The highest BCUT2D eigenvalue weighted by Crippen LogP contribution is 2.30. The summed E-state index contributed by atoms with van der Waals surface area (Å²) in [7, 11) is 0. The van der Waals surface area contributed by atoms with Gasteiger partial charge in [0.25, 0.3) is 5.91 Å². The molecule has 0 bridgehead atoms. The summed E-state index contributed by atoms with van der Waals surface area (Å²) < 4.78 is 5.22. The molecule has 1 aromatic rings. The van der Waals surface area contributed by atoms with Gasteiger partial charge in [-0.1, -0.05) is 12.8 Å². The van der Waals surface area contributed by atoms with Crippen molar-refractivity contribution in [2.75, 3.05) is 13.2 Å². The summed E-state index contributed by atoms with van der Waals surface area (Å²) in [6, 6.07) is 8.54. The molecule has 1 unspecified atom stereocenters. The van der Waals surface area contributed by atoms with Crippen LogP contribution in [0.1, 0.15) is 55.5 Å². The van der Waals surface area contributed by atoms with E-state index in [9.17, 15) is 9.59 Å². The van der Waals surface area contributed by atoms with Crippen LogP contribution in [0.5, 0.6) is 0 Å². The quantitative estimate of drug-likeness (QED) is 0.804. The van der Waals surface area contributed by atoms with Crippen LogP contribution in [0.3, 0.4) is 0 Å². The van der Waals surface area contributed by atoms with E-state index in [1.807, 2.05) is 6.07 Å². The summed E-state index contributed by atoms with van der Waals surface area (Å²) in [6.45, 7) is 4.39. The maximum Gasteiger partial charge on any atom is 0.331 e. The molecule has 0 N–H and O–H groups in total. The van der Waals surface area contributed by atoms with Gasteiger partial charge in [0.2, 0.25) is 0 Å². The molecular weight excluding hydrogens is 292 g/mol. The van der Waals surface area contributed by atoms with Gasteiger partial charge in [-0.05, 0) is 51.0 Å². The number of benzene rings is 1. The molecule has 5 heteroatoms. The molecule has 5 nitrogen and oxygen atoms in total. The Morgan fingerprint density at radius 2 is 1.96 bits per heavy atom. The summed E-state index contributed by atoms with van der Waals surface area (Å²) >= 11 is 0. The molecule has 1 aliphatic heterocycles. The Bertz CT molecular complexity index is 618. The number of amides is 1. The van der Waals surface area contributed by atoms with Crippen molar-refractivity contribution in [2.24, 2.45) is 0 Å². The molecule has 0 radical (unpaired) electrons. The average Bonchev–Trinajstić information content (AvgIpc) is 2.77. The maximum atomic E-state index is 12.9. The number of ether oxygens (including phenoxy) is 1. The zero-order valence-electron chi connectivity index (χ0n) is 13.7. The van der Waals surface area contributed by atoms with Crippen molar-refractivity contribution in [1.29, 1.82) is 5.26 Å². The van der Waals surface area contributed by atoms with Gasteiger partial charge in [-0.3, -0.25) is 4.79 Å². The van der Waals surface area contributed by atoms with Gasteiger partial charge in [0, 0.05) is 12.1 Å². The van der Waals surface area contributed by atoms with Crippen molar-refractivity contribution >= 4 is 11.9 Å². The van der Waals surface area contributed by atoms with E-state index in [1.165, 1.54) is 0 Å². The number of hydrogen-bond donors (Lipinski definition) is 0. The van der Waals surface area contributed by atoms with Crippen LogP contribution in [-0.4, -0.2) is 35.5 Å². The van der Waals surface area contributed by atoms with Crippen molar-refractivity contribution < 1.29 is 14.3 Å². The largest absolute Gasteiger partial charge is 0.464 e. The molecule has 1 atom stereocenters. The standard InChI is InChI=1S/C18H22N2O3/c1-3-23-17(22)18(2)11-5-4-6-12-20(18)16(21)15-9-7-14(13-19)8-10-15/h7-10H,3-6,11-12H2,1-2H3. The Labute approximate surface area is 136 Å². The minimum Gasteiger partial charge on any atom is -0.464 e. The van der Waals surface area contributed by atoms with Gasteiger partial charge in [-0.25, -0.2) is 4.79 Å². The van der Waals surface area contributed by atoms with Crippen LogP contribution in [0, 0.1) is 11.3 Å². The number of nitriles is 1. The molecule has 0 aliphatic carbocycles. The number of likely N-dealkylation sites (tertiary alicyclic amines) is 1. The van der Waals surface area contributed by atoms with E-state index >= 15 is 0 Å². The minimum atomic E-state index is -0.933. The first-order valence-corrected chi connectivity index (χ1v) is 8.02. The molecule has 0 aromatic heterocycles. The highest BCUT2D eigenvalue weighted by Gasteiger charge is 2.44. The Morgan fingerprint density at radius 3 is 2.57 bits per heavy atom. The van der Waals surface area contributed by atoms with Crippen LogP contribution in [-0.2, 0) is 9.53 Å². The highest BCUT2D eigenvalue weighted by molar-refractivity contribution is 5.98. The van der Waals surface area contributed by atoms with E-state index in [4.69, 9.17) is 10.00 Å². The van der Waals surface area contributed by atoms with E-state index in [0.29, 0.717) is 30.7 Å². The monoisotopic (exact) mass is 314 g/mol. The Morgan fingerprint density at radius 1 is 1.26 bits per heavy atom. The lowest BCUT2D eigenvalue weighted by Gasteiger charge is -2.38. The lowest BCUT2D eigenvalue weighted by atomic mass is 9.93. The molecule has 1 saturated heterocycles. The van der Waals surface area contributed by atoms with Gasteiger partial charge in [-0.15, -0.1) is 0 Å². The number of rotatable bonds is 3. The fourth-order valence-electron chi connectivity index (χ4n) is 2.97. The predicted molar refractivity (Wildman–Crippen MR) is 85.7 cm³/mol. The van der Waals surface area contributed by atoms with E-state index in [-0.39, 0.29) is 11.9 Å². The highest BCUT2D eigenvalue weighted by atomic mass is 16.5. The first kappa shape index (κ1) is 17.0. The van der Waals surface area contributed by atoms with E-state index in [0.717, 1.165) is 19.3 Å². The van der Waals surface area contributed by atoms with Crippen molar-refractivity contribution in [1.82, 2.24) is 4.90 Å². The SMILES string of the molecule is CCOC(=O)C1(C)CCCCCN1C(=O)c1ccc(C#N)cc1. The second-order valence-corrected chi connectivity index (χ2v) is 5.95. The van der Waals surface area contributed by atoms with E-state index in [1.54, 1.807) is 43.0 Å². The molecule has 1 aromatic carbocycles. The van der Waals surface area contributed by atoms with Gasteiger partial charge in [-0.2, -0.15) is 5.26 Å². The van der Waals surface area contributed by atoms with Crippen LogP contribution < -0.4 is 0 Å². The third-order valence-corrected chi connectivity index (χ3v) is 4.36. The van der Waals surface area contributed by atoms with Crippen molar-refractivity contribution in [3.63, 3.8) is 0 Å². The smallest absolute Gasteiger partial charge is 0.331 e. The van der Waals surface area contributed by atoms with Crippen molar-refractivity contribution in [3.05, 3.63) is 35.4 Å². The second kappa shape index (κ2) is 7.28. The Hall–Kier alpha value is -2.35. The van der Waals surface area contributed by atoms with E-state index in [2.05, 4.69) is 0 Å². The summed E-state index contributed by atoms with van der Waals surface area (Å²) in [4.78, 5) is 27.0. The molecule has 0 saturated carbocycles. The average molecular weight is 314 g/mol. The summed E-state index contributed by atoms with van der Waals surface area (Å²) in [5.74, 6) is -0.532. The normalized spacial score (nSPS) is 21.2. The zero-order chi connectivity index (χ0) is 16.9. The van der Waals surface area contributed by atoms with Crippen LogP contribution in [0.2, 0.25) is 0 Å². The third kappa shape index (κ3) is 3.53. The van der Waals surface area contributed by atoms with Gasteiger partial charge >= 0.3 is 5.97 Å². The lowest BCUT2D eigenvalue weighted by Crippen LogP contribution is -2.55. The molecular formula is C18H22N2O3. The number of hydrogen-bond acceptors (Lipinski definition) is 4. The molecule has 2 rings (SSSR count). The van der Waals surface area contributed by atoms with Crippen LogP contribution >= 0.6 is 0 Å². The third-order valence-electron chi connectivity index (χ3n) is 4.36. The van der Waals surface area contributed by atoms with Crippen molar-refractivity contribution in [2.45, 2.75) is 45.1 Å². The van der Waals surface area contributed by atoms with Gasteiger partial charge in [0.05, 0.1) is 18.2 Å². The van der Waals surface area contributed by atoms with E-state index < -0.39 is 5.54 Å². The number of esters is 1. The Balaban J connectivity index is 2.32. The molecule has 122 valence electrons. The predicted octanol–water partition coefficient (Wildman–Crippen LogP) is 2.90. The van der Waals surface area contributed by atoms with Gasteiger partial charge in [0.15, 0.2) is 0 Å². The van der Waals surface area contributed by atoms with Crippen LogP contribution in [0.4, 0.5) is 0 Å².